The summed E-state index contributed by atoms with van der Waals surface area (Å²) in [6, 6.07) is 34.2. The fourth-order valence-corrected chi connectivity index (χ4v) is 9.02. The number of aryl methyl sites for hydroxylation is 6. The topological polar surface area (TPSA) is 47.9 Å². The van der Waals surface area contributed by atoms with Gasteiger partial charge in [-0.05, 0) is 139 Å². The van der Waals surface area contributed by atoms with Crippen LogP contribution in [0.15, 0.2) is 97.1 Å². The number of benzene rings is 6. The van der Waals surface area contributed by atoms with Crippen LogP contribution in [0.2, 0.25) is 0 Å². The SMILES string of the molecule is Cc1cc(C)c(-c2cc(C(C)(C)C)cc(-c3ccccc3OCC3(C(C)C)COc4ccccc4-c4cc(C(C)(C)C)cc(-c5c(C)cc(C)cc5C)c4O3)c2O)c(C)c1.[Cl][Zr][Cl]. The van der Waals surface area contributed by atoms with Crippen molar-refractivity contribution in [3.8, 4) is 67.5 Å². The number of rotatable bonds is 7. The number of ether oxygens (including phenoxy) is 3. The molecule has 0 aromatic heterocycles. The first-order chi connectivity index (χ1) is 29.6. The van der Waals surface area contributed by atoms with Crippen molar-refractivity contribution < 1.29 is 40.2 Å². The number of halogens is 2. The number of para-hydroxylation sites is 2. The summed E-state index contributed by atoms with van der Waals surface area (Å²) in [7, 11) is 9.87. The van der Waals surface area contributed by atoms with Crippen molar-refractivity contribution in [2.24, 2.45) is 5.92 Å². The maximum absolute atomic E-state index is 12.3. The van der Waals surface area contributed by atoms with Crippen LogP contribution in [-0.4, -0.2) is 23.9 Å². The molecule has 0 aliphatic carbocycles. The molecule has 1 N–H and O–H groups in total. The van der Waals surface area contributed by atoms with Crippen molar-refractivity contribution in [2.45, 2.75) is 113 Å². The van der Waals surface area contributed by atoms with Gasteiger partial charge in [0.15, 0.2) is 5.60 Å². The molecule has 0 fully saturated rings. The van der Waals surface area contributed by atoms with Crippen LogP contribution in [0.4, 0.5) is 0 Å². The zero-order chi connectivity index (χ0) is 46.2. The fraction of sp³-hybridized carbons (Fsp3) is 0.357. The normalized spacial score (nSPS) is 14.9. The van der Waals surface area contributed by atoms with Crippen LogP contribution in [0.1, 0.15) is 99.9 Å². The molecule has 1 atom stereocenters. The second-order valence-electron chi connectivity index (χ2n) is 19.8. The molecule has 1 aliphatic heterocycles. The molecule has 7 heteroatoms. The summed E-state index contributed by atoms with van der Waals surface area (Å²) < 4.78 is 21.5. The Bertz CT molecular complexity index is 2590. The maximum atomic E-state index is 12.3. The Balaban J connectivity index is 0.00000214. The Morgan fingerprint density at radius 3 is 1.59 bits per heavy atom. The summed E-state index contributed by atoms with van der Waals surface area (Å²) in [5.41, 5.74) is 16.0. The van der Waals surface area contributed by atoms with Gasteiger partial charge in [-0.25, -0.2) is 0 Å². The summed E-state index contributed by atoms with van der Waals surface area (Å²) in [6.45, 7) is 31.3. The van der Waals surface area contributed by atoms with Gasteiger partial charge in [-0.1, -0.05) is 127 Å². The molecule has 6 aromatic rings. The van der Waals surface area contributed by atoms with Crippen LogP contribution in [0.25, 0.3) is 44.5 Å². The predicted molar refractivity (Wildman–Crippen MR) is 263 cm³/mol. The van der Waals surface area contributed by atoms with Crippen LogP contribution in [-0.2, 0) is 31.7 Å². The molecule has 0 bridgehead atoms. The van der Waals surface area contributed by atoms with E-state index in [0.717, 1.165) is 67.1 Å². The first-order valence-corrected chi connectivity index (χ1v) is 28.2. The molecule has 0 saturated carbocycles. The van der Waals surface area contributed by atoms with Crippen molar-refractivity contribution in [1.29, 1.82) is 0 Å². The summed E-state index contributed by atoms with van der Waals surface area (Å²) in [5.74, 6) is 2.55. The van der Waals surface area contributed by atoms with Crippen LogP contribution in [0, 0.1) is 47.5 Å². The van der Waals surface area contributed by atoms with Crippen molar-refractivity contribution in [2.75, 3.05) is 13.2 Å². The van der Waals surface area contributed by atoms with E-state index in [1.165, 1.54) is 33.4 Å². The molecule has 330 valence electrons. The van der Waals surface area contributed by atoms with E-state index >= 15 is 0 Å². The number of fused-ring (bicyclic) bond motifs is 3. The van der Waals surface area contributed by atoms with Crippen molar-refractivity contribution in [1.82, 2.24) is 0 Å². The number of hydrogen-bond donors (Lipinski definition) is 1. The van der Waals surface area contributed by atoms with E-state index in [-0.39, 0.29) is 35.7 Å². The molecular formula is C56H64Cl2O4Zr. The number of phenols is 1. The van der Waals surface area contributed by atoms with E-state index in [0.29, 0.717) is 5.75 Å². The van der Waals surface area contributed by atoms with E-state index in [9.17, 15) is 5.11 Å². The Kier molecular flexibility index (Phi) is 14.8. The second-order valence-corrected chi connectivity index (χ2v) is 23.6. The number of aromatic hydroxyl groups is 1. The molecule has 4 nitrogen and oxygen atoms in total. The summed E-state index contributed by atoms with van der Waals surface area (Å²) >= 11 is -0.826. The molecule has 1 heterocycles. The van der Waals surface area contributed by atoms with Gasteiger partial charge in [-0.3, -0.25) is 0 Å². The molecule has 7 rings (SSSR count). The van der Waals surface area contributed by atoms with E-state index < -0.39 is 26.4 Å². The molecule has 63 heavy (non-hydrogen) atoms. The van der Waals surface area contributed by atoms with Crippen molar-refractivity contribution >= 4 is 17.0 Å². The van der Waals surface area contributed by atoms with Gasteiger partial charge in [0.2, 0.25) is 0 Å². The van der Waals surface area contributed by atoms with E-state index in [1.807, 2.05) is 30.3 Å². The molecule has 0 saturated heterocycles. The average molecular weight is 963 g/mol. The van der Waals surface area contributed by atoms with Gasteiger partial charge < -0.3 is 19.3 Å². The predicted octanol–water partition coefficient (Wildman–Crippen LogP) is 16.1. The number of hydrogen-bond acceptors (Lipinski definition) is 4. The van der Waals surface area contributed by atoms with Gasteiger partial charge in [-0.2, -0.15) is 0 Å². The molecule has 1 unspecified atom stereocenters. The van der Waals surface area contributed by atoms with E-state index in [4.69, 9.17) is 31.2 Å². The fourth-order valence-electron chi connectivity index (χ4n) is 9.02. The van der Waals surface area contributed by atoms with Gasteiger partial charge in [0.25, 0.3) is 0 Å². The minimum atomic E-state index is -0.906. The molecule has 1 aliphatic rings. The summed E-state index contributed by atoms with van der Waals surface area (Å²) in [6.07, 6.45) is 0. The third-order valence-corrected chi connectivity index (χ3v) is 12.5. The van der Waals surface area contributed by atoms with Gasteiger partial charge >= 0.3 is 37.9 Å². The van der Waals surface area contributed by atoms with Crippen LogP contribution in [0.5, 0.6) is 23.0 Å². The van der Waals surface area contributed by atoms with Crippen molar-refractivity contribution in [3.63, 3.8) is 0 Å². The zero-order valence-electron chi connectivity index (χ0n) is 39.7. The molecule has 0 amide bonds. The summed E-state index contributed by atoms with van der Waals surface area (Å²) in [5, 5.41) is 12.3. The van der Waals surface area contributed by atoms with Crippen LogP contribution in [0.3, 0.4) is 0 Å². The third-order valence-electron chi connectivity index (χ3n) is 12.5. The van der Waals surface area contributed by atoms with Gasteiger partial charge in [-0.15, -0.1) is 0 Å². The first-order valence-electron chi connectivity index (χ1n) is 21.9. The quantitative estimate of drug-likeness (QED) is 0.173. The zero-order valence-corrected chi connectivity index (χ0v) is 43.6. The summed E-state index contributed by atoms with van der Waals surface area (Å²) in [4.78, 5) is 0. The van der Waals surface area contributed by atoms with Gasteiger partial charge in [0, 0.05) is 33.4 Å². The minimum absolute atomic E-state index is 0.0187. The Labute approximate surface area is 396 Å². The Morgan fingerprint density at radius 2 is 1.06 bits per heavy atom. The van der Waals surface area contributed by atoms with E-state index in [2.05, 4.69) is 164 Å². The first kappa shape index (κ1) is 48.4. The second kappa shape index (κ2) is 19.2. The van der Waals surface area contributed by atoms with Crippen LogP contribution >= 0.6 is 17.0 Å². The monoisotopic (exact) mass is 960 g/mol. The molecule has 0 radical (unpaired) electrons. The molecule has 6 aromatic carbocycles. The molecular weight excluding hydrogens is 899 g/mol. The van der Waals surface area contributed by atoms with Gasteiger partial charge in [0.05, 0.1) is 0 Å². The molecule has 0 spiro atoms. The van der Waals surface area contributed by atoms with Crippen molar-refractivity contribution in [3.05, 3.63) is 142 Å². The van der Waals surface area contributed by atoms with E-state index in [1.54, 1.807) is 0 Å². The average Bonchev–Trinajstić information content (AvgIpc) is 3.18. The van der Waals surface area contributed by atoms with Crippen LogP contribution < -0.4 is 14.2 Å². The Morgan fingerprint density at radius 1 is 0.619 bits per heavy atom. The van der Waals surface area contributed by atoms with Gasteiger partial charge in [0.1, 0.15) is 36.2 Å². The standard InChI is InChI=1S/C56H64O4.2ClH.Zr/c1-33(2)56(31-58-48-21-17-15-19-42(48)44-27-40(54(9,10)11)29-46(52(44)57)50-36(5)23-34(3)24-37(50)6)32-59-49-22-18-16-20-43(49)45-28-41(55(12,13)14)30-47(53(45)60-56)51-38(7)25-35(4)26-39(51)8;;;/h15-30,33,57H,31-32H2,1-14H3;2*1H;/q;;;+2/p-2. The third kappa shape index (κ3) is 10.3. The number of phenolic OH excluding ortho intramolecular Hbond substituents is 1. The Hall–Kier alpha value is -4.02.